The first-order valence-electron chi connectivity index (χ1n) is 13.6. The van der Waals surface area contributed by atoms with Crippen LogP contribution in [0.5, 0.6) is 0 Å². The van der Waals surface area contributed by atoms with Crippen LogP contribution in [-0.4, -0.2) is 52.4 Å². The zero-order chi connectivity index (χ0) is 26.5. The summed E-state index contributed by atoms with van der Waals surface area (Å²) in [5, 5.41) is 9.02. The molecule has 2 aromatic rings. The van der Waals surface area contributed by atoms with Crippen molar-refractivity contribution >= 4 is 23.3 Å². The molecule has 0 radical (unpaired) electrons. The van der Waals surface area contributed by atoms with Crippen LogP contribution in [0.25, 0.3) is 0 Å². The van der Waals surface area contributed by atoms with E-state index in [1.165, 1.54) is 5.56 Å². The summed E-state index contributed by atoms with van der Waals surface area (Å²) < 4.78 is 0. The maximum atomic E-state index is 13.7. The van der Waals surface area contributed by atoms with Crippen LogP contribution in [0.4, 0.5) is 0 Å². The fourth-order valence-corrected chi connectivity index (χ4v) is 5.74. The van der Waals surface area contributed by atoms with Crippen LogP contribution in [0, 0.1) is 0 Å². The molecule has 0 saturated carbocycles. The Morgan fingerprint density at radius 1 is 1.05 bits per heavy atom. The van der Waals surface area contributed by atoms with Crippen LogP contribution < -0.4 is 0 Å². The number of likely N-dealkylation sites (tertiary alicyclic amines) is 1. The topological polar surface area (TPSA) is 82.3 Å². The van der Waals surface area contributed by atoms with E-state index in [4.69, 9.17) is 15.1 Å². The minimum atomic E-state index is -0.781. The number of hydrogen-bond acceptors (Lipinski definition) is 4. The molecule has 2 aromatic carbocycles. The summed E-state index contributed by atoms with van der Waals surface area (Å²) in [5.74, 6) is -0.717. The van der Waals surface area contributed by atoms with E-state index >= 15 is 0 Å². The fourth-order valence-electron chi connectivity index (χ4n) is 5.74. The van der Waals surface area contributed by atoms with Crippen LogP contribution in [0.15, 0.2) is 94.1 Å². The van der Waals surface area contributed by atoms with E-state index in [2.05, 4.69) is 31.2 Å². The maximum Gasteiger partial charge on any atom is 0.303 e. The number of carboxylic acid groups (broad SMARTS) is 1. The number of aliphatic imine (C=N–C) groups is 2. The molecule has 1 fully saturated rings. The fraction of sp³-hybridized carbons (Fsp3) is 0.375. The van der Waals surface area contributed by atoms with E-state index in [0.717, 1.165) is 48.5 Å². The number of unbranched alkanes of at least 4 members (excludes halogenated alkanes) is 1. The first-order chi connectivity index (χ1) is 18.4. The van der Waals surface area contributed by atoms with Gasteiger partial charge in [0.1, 0.15) is 0 Å². The van der Waals surface area contributed by atoms with E-state index in [9.17, 15) is 9.59 Å². The third kappa shape index (κ3) is 5.69. The highest BCUT2D eigenvalue weighted by atomic mass is 16.4. The molecule has 196 valence electrons. The Balaban J connectivity index is 1.35. The molecule has 0 spiro atoms. The van der Waals surface area contributed by atoms with Gasteiger partial charge in [0.15, 0.2) is 0 Å². The molecular formula is C32H35N3O3. The van der Waals surface area contributed by atoms with Crippen LogP contribution in [0.1, 0.15) is 63.0 Å². The standard InChI is InChI=1S/C32H35N3O3/c1-32(25-13-6-3-7-14-25)19-10-20-35(22-32)31(38)24-17-18-26-28(21-24)33-27(15-8-9-16-29(36)37)30(34-26)23-11-4-2-5-12-23/h2-7,11-14,17,21,26H,8-10,15-16,18-20,22H2,1H3,(H,36,37)/t26?,32-/m0/s1. The Bertz CT molecular complexity index is 1310. The molecule has 1 saturated heterocycles. The Hall–Kier alpha value is -3.80. The van der Waals surface area contributed by atoms with Crippen molar-refractivity contribution in [3.63, 3.8) is 0 Å². The van der Waals surface area contributed by atoms with E-state index < -0.39 is 5.97 Å². The van der Waals surface area contributed by atoms with Crippen molar-refractivity contribution in [2.45, 2.75) is 63.3 Å². The zero-order valence-electron chi connectivity index (χ0n) is 22.0. The summed E-state index contributed by atoms with van der Waals surface area (Å²) in [6.07, 6.45) is 8.75. The van der Waals surface area contributed by atoms with Gasteiger partial charge in [-0.2, -0.15) is 0 Å². The Labute approximate surface area is 224 Å². The molecule has 38 heavy (non-hydrogen) atoms. The third-order valence-electron chi connectivity index (χ3n) is 7.83. The molecule has 2 atom stereocenters. The van der Waals surface area contributed by atoms with E-state index in [-0.39, 0.29) is 23.8 Å². The van der Waals surface area contributed by atoms with Crippen molar-refractivity contribution < 1.29 is 14.7 Å². The predicted molar refractivity (Wildman–Crippen MR) is 151 cm³/mol. The molecule has 2 heterocycles. The van der Waals surface area contributed by atoms with Crippen molar-refractivity contribution in [3.8, 4) is 0 Å². The lowest BCUT2D eigenvalue weighted by atomic mass is 9.76. The number of benzene rings is 2. The number of carbonyl (C=O) groups is 2. The van der Waals surface area contributed by atoms with Gasteiger partial charge >= 0.3 is 5.97 Å². The number of hydrogen-bond donors (Lipinski definition) is 1. The van der Waals surface area contributed by atoms with Crippen LogP contribution in [0.3, 0.4) is 0 Å². The highest BCUT2D eigenvalue weighted by Crippen LogP contribution is 2.35. The lowest BCUT2D eigenvalue weighted by molar-refractivity contribution is -0.137. The average Bonchev–Trinajstić information content (AvgIpc) is 2.95. The molecule has 1 amide bonds. The first-order valence-corrected chi connectivity index (χ1v) is 13.6. The summed E-state index contributed by atoms with van der Waals surface area (Å²) in [5.41, 5.74) is 5.51. The minimum Gasteiger partial charge on any atom is -0.481 e. The van der Waals surface area contributed by atoms with Crippen molar-refractivity contribution in [2.24, 2.45) is 9.98 Å². The van der Waals surface area contributed by atoms with Gasteiger partial charge in [0.05, 0.1) is 23.2 Å². The van der Waals surface area contributed by atoms with Gasteiger partial charge in [0, 0.05) is 36.1 Å². The molecular weight excluding hydrogens is 474 g/mol. The molecule has 0 aromatic heterocycles. The van der Waals surface area contributed by atoms with Crippen LogP contribution >= 0.6 is 0 Å². The second-order valence-electron chi connectivity index (χ2n) is 10.7. The largest absolute Gasteiger partial charge is 0.481 e. The molecule has 2 aliphatic heterocycles. The van der Waals surface area contributed by atoms with Gasteiger partial charge < -0.3 is 10.0 Å². The average molecular weight is 510 g/mol. The van der Waals surface area contributed by atoms with Crippen molar-refractivity contribution in [3.05, 3.63) is 95.2 Å². The Kier molecular flexibility index (Phi) is 7.68. The van der Waals surface area contributed by atoms with Crippen molar-refractivity contribution in [2.75, 3.05) is 13.1 Å². The quantitative estimate of drug-likeness (QED) is 0.461. The molecule has 1 aliphatic carbocycles. The Morgan fingerprint density at radius 3 is 2.53 bits per heavy atom. The van der Waals surface area contributed by atoms with Crippen LogP contribution in [-0.2, 0) is 15.0 Å². The number of amides is 1. The zero-order valence-corrected chi connectivity index (χ0v) is 22.0. The van der Waals surface area contributed by atoms with E-state index in [1.54, 1.807) is 0 Å². The van der Waals surface area contributed by atoms with Gasteiger partial charge in [-0.15, -0.1) is 0 Å². The van der Waals surface area contributed by atoms with Gasteiger partial charge in [-0.1, -0.05) is 73.7 Å². The highest BCUT2D eigenvalue weighted by molar-refractivity contribution is 6.49. The molecule has 6 nitrogen and oxygen atoms in total. The van der Waals surface area contributed by atoms with Crippen molar-refractivity contribution in [1.29, 1.82) is 0 Å². The number of aliphatic carboxylic acids is 1. The normalized spacial score (nSPS) is 23.0. The Morgan fingerprint density at radius 2 is 1.79 bits per heavy atom. The van der Waals surface area contributed by atoms with Crippen molar-refractivity contribution in [1.82, 2.24) is 4.90 Å². The lowest BCUT2D eigenvalue weighted by Crippen LogP contribution is -2.47. The SMILES string of the molecule is C[C@]1(c2ccccc2)CCCN(C(=O)C2=CCC3N=C(c4ccccc4)C(CCCCC(=O)O)=NC3=C2)C1. The molecule has 5 rings (SSSR count). The minimum absolute atomic E-state index is 0.0545. The predicted octanol–water partition coefficient (Wildman–Crippen LogP) is 5.74. The molecule has 6 heteroatoms. The number of piperidine rings is 1. The summed E-state index contributed by atoms with van der Waals surface area (Å²) in [7, 11) is 0. The van der Waals surface area contributed by atoms with Gasteiger partial charge in [0.2, 0.25) is 0 Å². The summed E-state index contributed by atoms with van der Waals surface area (Å²) >= 11 is 0. The van der Waals surface area contributed by atoms with E-state index in [1.807, 2.05) is 53.5 Å². The van der Waals surface area contributed by atoms with Gasteiger partial charge in [0.25, 0.3) is 5.91 Å². The van der Waals surface area contributed by atoms with E-state index in [0.29, 0.717) is 31.4 Å². The number of fused-ring (bicyclic) bond motifs is 1. The van der Waals surface area contributed by atoms with Crippen LogP contribution in [0.2, 0.25) is 0 Å². The van der Waals surface area contributed by atoms with Gasteiger partial charge in [-0.05, 0) is 50.2 Å². The highest BCUT2D eigenvalue weighted by Gasteiger charge is 2.36. The summed E-state index contributed by atoms with van der Waals surface area (Å²) in [6.45, 7) is 3.72. The monoisotopic (exact) mass is 509 g/mol. The molecule has 1 N–H and O–H groups in total. The molecule has 3 aliphatic rings. The molecule has 0 bridgehead atoms. The first kappa shape index (κ1) is 25.8. The number of nitrogens with zero attached hydrogens (tertiary/aromatic N) is 3. The molecule has 1 unspecified atom stereocenters. The smallest absolute Gasteiger partial charge is 0.303 e. The second-order valence-corrected chi connectivity index (χ2v) is 10.7. The van der Waals surface area contributed by atoms with Gasteiger partial charge in [-0.25, -0.2) is 0 Å². The second kappa shape index (κ2) is 11.3. The number of rotatable bonds is 8. The number of carbonyl (C=O) groups excluding carboxylic acids is 1. The summed E-state index contributed by atoms with van der Waals surface area (Å²) in [4.78, 5) is 36.7. The van der Waals surface area contributed by atoms with Gasteiger partial charge in [-0.3, -0.25) is 19.6 Å². The lowest BCUT2D eigenvalue weighted by Gasteiger charge is -2.41. The third-order valence-corrected chi connectivity index (χ3v) is 7.83. The number of carboxylic acids is 1. The summed E-state index contributed by atoms with van der Waals surface area (Å²) in [6, 6.07) is 20.4. The maximum absolute atomic E-state index is 13.7.